The zero-order valence-electron chi connectivity index (χ0n) is 19.5. The fraction of sp³-hybridized carbons (Fsp3) is 0.500. The second kappa shape index (κ2) is 12.0. The van der Waals surface area contributed by atoms with Crippen LogP contribution in [0.15, 0.2) is 41.7 Å². The third kappa shape index (κ3) is 7.21. The van der Waals surface area contributed by atoms with Crippen LogP contribution in [0.25, 0.3) is 0 Å². The van der Waals surface area contributed by atoms with E-state index < -0.39 is 0 Å². The van der Waals surface area contributed by atoms with Crippen molar-refractivity contribution in [3.8, 4) is 0 Å². The Labute approximate surface area is 191 Å². The molecule has 0 radical (unpaired) electrons. The maximum Gasteiger partial charge on any atom is 0.225 e. The summed E-state index contributed by atoms with van der Waals surface area (Å²) in [5.74, 6) is 1.63. The molecule has 2 heterocycles. The molecule has 8 heteroatoms. The second-order valence-corrected chi connectivity index (χ2v) is 8.10. The number of aromatic nitrogens is 2. The van der Waals surface area contributed by atoms with Crippen LogP contribution in [0.2, 0.25) is 0 Å². The Hall–Kier alpha value is -3.16. The predicted molar refractivity (Wildman–Crippen MR) is 129 cm³/mol. The first-order chi connectivity index (χ1) is 15.5. The lowest BCUT2D eigenvalue weighted by Crippen LogP contribution is -2.49. The Balaban J connectivity index is 1.41. The summed E-state index contributed by atoms with van der Waals surface area (Å²) in [6.45, 7) is 11.2. The maximum absolute atomic E-state index is 12.6. The summed E-state index contributed by atoms with van der Waals surface area (Å²) in [5, 5.41) is 6.64. The summed E-state index contributed by atoms with van der Waals surface area (Å²) >= 11 is 0. The van der Waals surface area contributed by atoms with Gasteiger partial charge in [0, 0.05) is 58.1 Å². The van der Waals surface area contributed by atoms with Gasteiger partial charge in [-0.15, -0.1) is 0 Å². The zero-order chi connectivity index (χ0) is 22.8. The lowest BCUT2D eigenvalue weighted by molar-refractivity contribution is -0.131. The molecule has 2 N–H and O–H groups in total. The number of piperazine rings is 1. The van der Waals surface area contributed by atoms with Gasteiger partial charge in [-0.2, -0.15) is 0 Å². The highest BCUT2D eigenvalue weighted by atomic mass is 16.2. The van der Waals surface area contributed by atoms with Crippen LogP contribution in [-0.4, -0.2) is 72.5 Å². The molecule has 0 bridgehead atoms. The Morgan fingerprint density at radius 3 is 2.38 bits per heavy atom. The first-order valence-corrected chi connectivity index (χ1v) is 11.4. The van der Waals surface area contributed by atoms with E-state index >= 15 is 0 Å². The average molecular weight is 438 g/mol. The van der Waals surface area contributed by atoms with Crippen molar-refractivity contribution in [3.05, 3.63) is 53.3 Å². The summed E-state index contributed by atoms with van der Waals surface area (Å²) in [6, 6.07) is 8.45. The van der Waals surface area contributed by atoms with Gasteiger partial charge in [0.25, 0.3) is 0 Å². The summed E-state index contributed by atoms with van der Waals surface area (Å²) in [4.78, 5) is 29.8. The van der Waals surface area contributed by atoms with E-state index in [1.165, 1.54) is 16.7 Å². The van der Waals surface area contributed by atoms with Crippen LogP contribution >= 0.6 is 0 Å². The highest BCUT2D eigenvalue weighted by Gasteiger charge is 2.22. The molecule has 172 valence electrons. The van der Waals surface area contributed by atoms with Crippen molar-refractivity contribution in [2.75, 3.05) is 50.7 Å². The van der Waals surface area contributed by atoms with Gasteiger partial charge in [0.15, 0.2) is 5.96 Å². The molecule has 0 aliphatic carbocycles. The molecule has 1 aliphatic heterocycles. The van der Waals surface area contributed by atoms with E-state index in [1.807, 2.05) is 17.9 Å². The second-order valence-electron chi connectivity index (χ2n) is 8.10. The van der Waals surface area contributed by atoms with Crippen molar-refractivity contribution in [2.45, 2.75) is 33.6 Å². The lowest BCUT2D eigenvalue weighted by atomic mass is 10.1. The SMILES string of the molecule is CCNC(=NCCC(=O)N1CCN(c2ncccn2)CC1)NCCc1cc(C)cc(C)c1. The zero-order valence-corrected chi connectivity index (χ0v) is 19.5. The minimum absolute atomic E-state index is 0.147. The summed E-state index contributed by atoms with van der Waals surface area (Å²) < 4.78 is 0. The van der Waals surface area contributed by atoms with E-state index in [0.717, 1.165) is 44.5 Å². The highest BCUT2D eigenvalue weighted by Crippen LogP contribution is 2.11. The fourth-order valence-corrected chi connectivity index (χ4v) is 3.91. The smallest absolute Gasteiger partial charge is 0.225 e. The number of anilines is 1. The molecule has 1 amide bonds. The number of carbonyl (C=O) groups is 1. The third-order valence-corrected chi connectivity index (χ3v) is 5.39. The van der Waals surface area contributed by atoms with E-state index in [1.54, 1.807) is 12.4 Å². The van der Waals surface area contributed by atoms with Gasteiger partial charge in [0.05, 0.1) is 6.54 Å². The Morgan fingerprint density at radius 2 is 1.72 bits per heavy atom. The molecule has 0 spiro atoms. The van der Waals surface area contributed by atoms with Crippen LogP contribution in [0.5, 0.6) is 0 Å². The van der Waals surface area contributed by atoms with Gasteiger partial charge in [-0.25, -0.2) is 9.97 Å². The summed E-state index contributed by atoms with van der Waals surface area (Å²) in [5.41, 5.74) is 3.90. The van der Waals surface area contributed by atoms with Gasteiger partial charge in [-0.05, 0) is 38.8 Å². The largest absolute Gasteiger partial charge is 0.357 e. The van der Waals surface area contributed by atoms with Gasteiger partial charge < -0.3 is 20.4 Å². The summed E-state index contributed by atoms with van der Waals surface area (Å²) in [7, 11) is 0. The average Bonchev–Trinajstić information content (AvgIpc) is 2.79. The predicted octanol–water partition coefficient (Wildman–Crippen LogP) is 1.93. The topological polar surface area (TPSA) is 85.8 Å². The number of hydrogen-bond donors (Lipinski definition) is 2. The normalized spacial score (nSPS) is 14.4. The van der Waals surface area contributed by atoms with Crippen molar-refractivity contribution < 1.29 is 4.79 Å². The van der Waals surface area contributed by atoms with Crippen LogP contribution in [0.4, 0.5) is 5.95 Å². The molecule has 1 aromatic heterocycles. The van der Waals surface area contributed by atoms with Gasteiger partial charge in [-0.3, -0.25) is 9.79 Å². The molecule has 0 atom stereocenters. The number of carbonyl (C=O) groups excluding carboxylic acids is 1. The molecule has 32 heavy (non-hydrogen) atoms. The van der Waals surface area contributed by atoms with E-state index in [9.17, 15) is 4.79 Å². The van der Waals surface area contributed by atoms with Crippen LogP contribution in [0.3, 0.4) is 0 Å². The molecule has 1 fully saturated rings. The van der Waals surface area contributed by atoms with Crippen LogP contribution in [0.1, 0.15) is 30.0 Å². The third-order valence-electron chi connectivity index (χ3n) is 5.39. The first kappa shape index (κ1) is 23.5. The number of guanidine groups is 1. The number of hydrogen-bond acceptors (Lipinski definition) is 5. The number of aryl methyl sites for hydroxylation is 2. The molecule has 2 aromatic rings. The van der Waals surface area contributed by atoms with Crippen molar-refractivity contribution in [1.82, 2.24) is 25.5 Å². The number of rotatable bonds is 8. The van der Waals surface area contributed by atoms with E-state index in [2.05, 4.69) is 62.5 Å². The molecule has 0 saturated carbocycles. The molecule has 3 rings (SSSR count). The molecule has 8 nitrogen and oxygen atoms in total. The Kier molecular flexibility index (Phi) is 8.83. The molecular weight excluding hydrogens is 402 g/mol. The van der Waals surface area contributed by atoms with Gasteiger partial charge >= 0.3 is 0 Å². The molecule has 1 aliphatic rings. The monoisotopic (exact) mass is 437 g/mol. The van der Waals surface area contributed by atoms with Crippen molar-refractivity contribution in [1.29, 1.82) is 0 Å². The quantitative estimate of drug-likeness (QED) is 0.485. The highest BCUT2D eigenvalue weighted by molar-refractivity contribution is 5.81. The van der Waals surface area contributed by atoms with Crippen LogP contribution < -0.4 is 15.5 Å². The number of benzene rings is 1. The Morgan fingerprint density at radius 1 is 1.03 bits per heavy atom. The maximum atomic E-state index is 12.6. The van der Waals surface area contributed by atoms with E-state index in [0.29, 0.717) is 26.1 Å². The first-order valence-electron chi connectivity index (χ1n) is 11.4. The molecule has 1 aromatic carbocycles. The Bertz CT molecular complexity index is 872. The van der Waals surface area contributed by atoms with Gasteiger partial charge in [0.2, 0.25) is 11.9 Å². The fourth-order valence-electron chi connectivity index (χ4n) is 3.91. The number of aliphatic imine (C=N–C) groups is 1. The lowest BCUT2D eigenvalue weighted by Gasteiger charge is -2.34. The minimum Gasteiger partial charge on any atom is -0.357 e. The number of nitrogens with zero attached hydrogens (tertiary/aromatic N) is 5. The van der Waals surface area contributed by atoms with E-state index in [4.69, 9.17) is 0 Å². The molecular formula is C24H35N7O. The van der Waals surface area contributed by atoms with Crippen molar-refractivity contribution in [2.24, 2.45) is 4.99 Å². The number of amides is 1. The van der Waals surface area contributed by atoms with Crippen molar-refractivity contribution >= 4 is 17.8 Å². The van der Waals surface area contributed by atoms with Gasteiger partial charge in [-0.1, -0.05) is 29.3 Å². The molecule has 1 saturated heterocycles. The minimum atomic E-state index is 0.147. The van der Waals surface area contributed by atoms with E-state index in [-0.39, 0.29) is 5.91 Å². The molecule has 0 unspecified atom stereocenters. The van der Waals surface area contributed by atoms with Crippen LogP contribution in [-0.2, 0) is 11.2 Å². The number of nitrogens with one attached hydrogen (secondary N) is 2. The van der Waals surface area contributed by atoms with Crippen LogP contribution in [0, 0.1) is 13.8 Å². The summed E-state index contributed by atoms with van der Waals surface area (Å²) in [6.07, 6.45) is 4.84. The van der Waals surface area contributed by atoms with Crippen molar-refractivity contribution in [3.63, 3.8) is 0 Å². The van der Waals surface area contributed by atoms with Gasteiger partial charge in [0.1, 0.15) is 0 Å². The standard InChI is InChI=1S/C24H35N7O/c1-4-25-23(26-10-6-21-17-19(2)16-20(3)18-21)27-11-7-22(32)30-12-14-31(15-13-30)24-28-8-5-9-29-24/h5,8-9,16-18H,4,6-7,10-15H2,1-3H3,(H2,25,26,27).